The number of benzene rings is 1. The largest absolute Gasteiger partial charge is 0.435 e. The monoisotopic (exact) mass is 351 g/mol. The molecular formula is C16H19F2N5O2. The molecule has 1 saturated heterocycles. The fourth-order valence-corrected chi connectivity index (χ4v) is 2.82. The lowest BCUT2D eigenvalue weighted by Crippen LogP contribution is -2.52. The summed E-state index contributed by atoms with van der Waals surface area (Å²) in [5.41, 5.74) is 1.50. The number of nitrogens with zero attached hydrogens (tertiary/aromatic N) is 4. The number of carbonyl (C=O) groups excluding carboxylic acids is 1. The van der Waals surface area contributed by atoms with E-state index in [4.69, 9.17) is 0 Å². The molecule has 0 unspecified atom stereocenters. The number of piperazine rings is 1. The predicted molar refractivity (Wildman–Crippen MR) is 86.1 cm³/mol. The first kappa shape index (κ1) is 17.3. The van der Waals surface area contributed by atoms with Crippen molar-refractivity contribution < 1.29 is 18.3 Å². The van der Waals surface area contributed by atoms with Gasteiger partial charge in [-0.25, -0.2) is 4.68 Å². The van der Waals surface area contributed by atoms with Crippen LogP contribution >= 0.6 is 0 Å². The van der Waals surface area contributed by atoms with Crippen molar-refractivity contribution in [2.75, 3.05) is 19.6 Å². The number of halogens is 2. The van der Waals surface area contributed by atoms with Gasteiger partial charge in [0, 0.05) is 25.7 Å². The van der Waals surface area contributed by atoms with Crippen LogP contribution < -0.4 is 10.1 Å². The van der Waals surface area contributed by atoms with E-state index in [0.717, 1.165) is 13.1 Å². The molecule has 1 fully saturated rings. The first-order valence-corrected chi connectivity index (χ1v) is 7.96. The number of nitrogens with one attached hydrogen (secondary N) is 1. The zero-order valence-corrected chi connectivity index (χ0v) is 13.9. The second-order valence-corrected chi connectivity index (χ2v) is 5.86. The number of rotatable bonds is 4. The Labute approximate surface area is 143 Å². The van der Waals surface area contributed by atoms with Crippen LogP contribution in [0.15, 0.2) is 24.3 Å². The van der Waals surface area contributed by atoms with Gasteiger partial charge >= 0.3 is 6.61 Å². The van der Waals surface area contributed by atoms with E-state index in [2.05, 4.69) is 20.4 Å². The zero-order valence-electron chi connectivity index (χ0n) is 13.9. The molecule has 1 N–H and O–H groups in total. The summed E-state index contributed by atoms with van der Waals surface area (Å²) < 4.78 is 30.3. The first-order chi connectivity index (χ1) is 12.0. The van der Waals surface area contributed by atoms with Crippen molar-refractivity contribution in [2.45, 2.75) is 26.5 Å². The number of carbonyl (C=O) groups is 1. The standard InChI is InChI=1S/C16H19F2N5O2/c1-10-9-19-7-8-22(10)15(24)14-11(2)23(21-20-14)12-3-5-13(6-4-12)25-16(17)18/h3-6,10,16,19H,7-9H2,1-2H3/t10-/m1/s1. The molecule has 9 heteroatoms. The highest BCUT2D eigenvalue weighted by atomic mass is 19.3. The Hall–Kier alpha value is -2.55. The molecule has 1 aliphatic rings. The van der Waals surface area contributed by atoms with E-state index in [0.29, 0.717) is 23.6 Å². The highest BCUT2D eigenvalue weighted by molar-refractivity contribution is 5.93. The molecule has 134 valence electrons. The van der Waals surface area contributed by atoms with E-state index in [-0.39, 0.29) is 17.7 Å². The van der Waals surface area contributed by atoms with Crippen molar-refractivity contribution in [3.05, 3.63) is 35.7 Å². The highest BCUT2D eigenvalue weighted by Crippen LogP contribution is 2.19. The van der Waals surface area contributed by atoms with Gasteiger partial charge in [-0.2, -0.15) is 8.78 Å². The van der Waals surface area contributed by atoms with Gasteiger partial charge in [0.05, 0.1) is 11.4 Å². The molecule has 0 bridgehead atoms. The lowest BCUT2D eigenvalue weighted by atomic mass is 10.2. The van der Waals surface area contributed by atoms with Gasteiger partial charge in [0.15, 0.2) is 5.69 Å². The summed E-state index contributed by atoms with van der Waals surface area (Å²) in [7, 11) is 0. The lowest BCUT2D eigenvalue weighted by Gasteiger charge is -2.33. The minimum absolute atomic E-state index is 0.0578. The molecule has 7 nitrogen and oxygen atoms in total. The molecular weight excluding hydrogens is 332 g/mol. The Morgan fingerprint density at radius 1 is 1.36 bits per heavy atom. The van der Waals surface area contributed by atoms with Crippen LogP contribution in [0.3, 0.4) is 0 Å². The Kier molecular flexibility index (Phi) is 4.93. The number of alkyl halides is 2. The molecule has 0 saturated carbocycles. The van der Waals surface area contributed by atoms with Gasteiger partial charge in [-0.3, -0.25) is 4.79 Å². The van der Waals surface area contributed by atoms with Gasteiger partial charge < -0.3 is 15.0 Å². The summed E-state index contributed by atoms with van der Waals surface area (Å²) in [6.45, 7) is 2.96. The molecule has 3 rings (SSSR count). The maximum absolute atomic E-state index is 12.7. The summed E-state index contributed by atoms with van der Waals surface area (Å²) in [5, 5.41) is 11.3. The second kappa shape index (κ2) is 7.14. The van der Waals surface area contributed by atoms with Crippen LogP contribution in [0.25, 0.3) is 5.69 Å². The number of amides is 1. The van der Waals surface area contributed by atoms with Crippen LogP contribution in [0.2, 0.25) is 0 Å². The SMILES string of the molecule is Cc1c(C(=O)N2CCNC[C@H]2C)nnn1-c1ccc(OC(F)F)cc1. The van der Waals surface area contributed by atoms with Crippen molar-refractivity contribution >= 4 is 5.91 Å². The summed E-state index contributed by atoms with van der Waals surface area (Å²) in [5.74, 6) is -0.0992. The van der Waals surface area contributed by atoms with Crippen molar-refractivity contribution in [1.29, 1.82) is 0 Å². The van der Waals surface area contributed by atoms with Crippen molar-refractivity contribution in [3.8, 4) is 11.4 Å². The van der Waals surface area contributed by atoms with E-state index < -0.39 is 6.61 Å². The van der Waals surface area contributed by atoms with Crippen LogP contribution in [0.1, 0.15) is 23.1 Å². The Morgan fingerprint density at radius 3 is 2.72 bits per heavy atom. The van der Waals surface area contributed by atoms with Crippen LogP contribution in [-0.4, -0.2) is 58.1 Å². The van der Waals surface area contributed by atoms with E-state index in [1.807, 2.05) is 6.92 Å². The van der Waals surface area contributed by atoms with Crippen LogP contribution in [0, 0.1) is 6.92 Å². The van der Waals surface area contributed by atoms with Gasteiger partial charge in [-0.1, -0.05) is 5.21 Å². The van der Waals surface area contributed by atoms with Gasteiger partial charge in [-0.05, 0) is 38.1 Å². The van der Waals surface area contributed by atoms with Gasteiger partial charge in [0.25, 0.3) is 5.91 Å². The second-order valence-electron chi connectivity index (χ2n) is 5.86. The summed E-state index contributed by atoms with van der Waals surface area (Å²) in [4.78, 5) is 14.5. The topological polar surface area (TPSA) is 72.3 Å². The average Bonchev–Trinajstić information content (AvgIpc) is 2.96. The summed E-state index contributed by atoms with van der Waals surface area (Å²) in [6, 6.07) is 6.09. The highest BCUT2D eigenvalue weighted by Gasteiger charge is 2.28. The third-order valence-corrected chi connectivity index (χ3v) is 4.17. The number of hydrogen-bond donors (Lipinski definition) is 1. The zero-order chi connectivity index (χ0) is 18.0. The summed E-state index contributed by atoms with van der Waals surface area (Å²) in [6.07, 6.45) is 0. The first-order valence-electron chi connectivity index (χ1n) is 7.96. The maximum atomic E-state index is 12.7. The quantitative estimate of drug-likeness (QED) is 0.906. The summed E-state index contributed by atoms with van der Waals surface area (Å²) >= 11 is 0. The molecule has 1 aromatic heterocycles. The predicted octanol–water partition coefficient (Wildman–Crippen LogP) is 1.61. The Bertz CT molecular complexity index is 747. The van der Waals surface area contributed by atoms with Crippen LogP contribution in [0.4, 0.5) is 8.78 Å². The normalized spacial score (nSPS) is 17.8. The molecule has 0 spiro atoms. The van der Waals surface area contributed by atoms with E-state index in [9.17, 15) is 13.6 Å². The van der Waals surface area contributed by atoms with Crippen molar-refractivity contribution in [2.24, 2.45) is 0 Å². The maximum Gasteiger partial charge on any atom is 0.387 e. The lowest BCUT2D eigenvalue weighted by molar-refractivity contribution is -0.0498. The van der Waals surface area contributed by atoms with Gasteiger partial charge in [-0.15, -0.1) is 5.10 Å². The minimum Gasteiger partial charge on any atom is -0.435 e. The van der Waals surface area contributed by atoms with Crippen LogP contribution in [-0.2, 0) is 0 Å². The number of hydrogen-bond acceptors (Lipinski definition) is 5. The fraction of sp³-hybridized carbons (Fsp3) is 0.438. The molecule has 1 aromatic carbocycles. The number of ether oxygens (including phenoxy) is 1. The van der Waals surface area contributed by atoms with Crippen molar-refractivity contribution in [3.63, 3.8) is 0 Å². The Morgan fingerprint density at radius 2 is 2.08 bits per heavy atom. The fourth-order valence-electron chi connectivity index (χ4n) is 2.82. The third-order valence-electron chi connectivity index (χ3n) is 4.17. The Balaban J connectivity index is 1.82. The molecule has 0 aliphatic carbocycles. The molecule has 2 heterocycles. The van der Waals surface area contributed by atoms with E-state index in [1.54, 1.807) is 24.0 Å². The average molecular weight is 351 g/mol. The molecule has 1 atom stereocenters. The van der Waals surface area contributed by atoms with Gasteiger partial charge in [0.1, 0.15) is 5.75 Å². The van der Waals surface area contributed by atoms with Crippen LogP contribution in [0.5, 0.6) is 5.75 Å². The molecule has 1 aliphatic heterocycles. The van der Waals surface area contributed by atoms with Crippen molar-refractivity contribution in [1.82, 2.24) is 25.2 Å². The van der Waals surface area contributed by atoms with Gasteiger partial charge in [0.2, 0.25) is 0 Å². The smallest absolute Gasteiger partial charge is 0.387 e. The molecule has 25 heavy (non-hydrogen) atoms. The minimum atomic E-state index is -2.87. The molecule has 2 aromatic rings. The number of aromatic nitrogens is 3. The molecule has 1 amide bonds. The molecule has 0 radical (unpaired) electrons. The third kappa shape index (κ3) is 3.60. The van der Waals surface area contributed by atoms with E-state index >= 15 is 0 Å². The van der Waals surface area contributed by atoms with E-state index in [1.165, 1.54) is 16.8 Å².